The number of hydrogen-bond donors (Lipinski definition) is 2. The SMILES string of the molecule is Cc1nc(NCc2ccccc2)ccc1C(O)c1ccccc1. The van der Waals surface area contributed by atoms with Crippen LogP contribution in [0.2, 0.25) is 0 Å². The number of benzene rings is 2. The van der Waals surface area contributed by atoms with Crippen molar-refractivity contribution in [1.29, 1.82) is 0 Å². The lowest BCUT2D eigenvalue weighted by molar-refractivity contribution is 0.219. The van der Waals surface area contributed by atoms with E-state index in [1.807, 2.05) is 67.6 Å². The molecule has 3 rings (SSSR count). The summed E-state index contributed by atoms with van der Waals surface area (Å²) in [5.41, 5.74) is 3.75. The monoisotopic (exact) mass is 304 g/mol. The van der Waals surface area contributed by atoms with Gasteiger partial charge < -0.3 is 10.4 Å². The third kappa shape index (κ3) is 3.76. The highest BCUT2D eigenvalue weighted by Gasteiger charge is 2.13. The summed E-state index contributed by atoms with van der Waals surface area (Å²) < 4.78 is 0. The molecule has 3 nitrogen and oxygen atoms in total. The Morgan fingerprint density at radius 2 is 1.57 bits per heavy atom. The van der Waals surface area contributed by atoms with Gasteiger partial charge in [0.1, 0.15) is 11.9 Å². The third-order valence-electron chi connectivity index (χ3n) is 3.85. The minimum atomic E-state index is -0.646. The van der Waals surface area contributed by atoms with Gasteiger partial charge in [-0.05, 0) is 24.1 Å². The van der Waals surface area contributed by atoms with E-state index >= 15 is 0 Å². The molecule has 0 bridgehead atoms. The number of aliphatic hydroxyl groups is 1. The number of pyridine rings is 1. The summed E-state index contributed by atoms with van der Waals surface area (Å²) in [5, 5.41) is 13.8. The van der Waals surface area contributed by atoms with Gasteiger partial charge in [-0.15, -0.1) is 0 Å². The molecule has 0 saturated carbocycles. The Morgan fingerprint density at radius 3 is 2.22 bits per heavy atom. The zero-order chi connectivity index (χ0) is 16.1. The quantitative estimate of drug-likeness (QED) is 0.746. The molecule has 2 N–H and O–H groups in total. The Labute approximate surface area is 136 Å². The Kier molecular flexibility index (Phi) is 4.69. The van der Waals surface area contributed by atoms with Crippen molar-refractivity contribution in [3.63, 3.8) is 0 Å². The minimum absolute atomic E-state index is 0.646. The van der Waals surface area contributed by atoms with Crippen molar-refractivity contribution in [2.45, 2.75) is 19.6 Å². The number of nitrogens with zero attached hydrogens (tertiary/aromatic N) is 1. The van der Waals surface area contributed by atoms with Gasteiger partial charge >= 0.3 is 0 Å². The predicted octanol–water partition coefficient (Wildman–Crippen LogP) is 4.08. The van der Waals surface area contributed by atoms with Crippen LogP contribution in [0.1, 0.15) is 28.5 Å². The van der Waals surface area contributed by atoms with Gasteiger partial charge in [0.25, 0.3) is 0 Å². The van der Waals surface area contributed by atoms with Gasteiger partial charge in [0.15, 0.2) is 0 Å². The van der Waals surface area contributed by atoms with E-state index in [9.17, 15) is 5.11 Å². The second-order valence-electron chi connectivity index (χ2n) is 5.52. The molecule has 23 heavy (non-hydrogen) atoms. The maximum Gasteiger partial charge on any atom is 0.126 e. The summed E-state index contributed by atoms with van der Waals surface area (Å²) >= 11 is 0. The number of aromatic nitrogens is 1. The smallest absolute Gasteiger partial charge is 0.126 e. The highest BCUT2D eigenvalue weighted by molar-refractivity contribution is 5.42. The van der Waals surface area contributed by atoms with Crippen molar-refractivity contribution in [1.82, 2.24) is 4.98 Å². The molecular formula is C20H20N2O. The molecule has 1 unspecified atom stereocenters. The van der Waals surface area contributed by atoms with E-state index in [0.717, 1.165) is 29.2 Å². The number of aliphatic hydroxyl groups excluding tert-OH is 1. The predicted molar refractivity (Wildman–Crippen MR) is 93.2 cm³/mol. The molecule has 116 valence electrons. The zero-order valence-electron chi connectivity index (χ0n) is 13.1. The third-order valence-corrected chi connectivity index (χ3v) is 3.85. The molecule has 0 aliphatic heterocycles. The summed E-state index contributed by atoms with van der Waals surface area (Å²) in [5.74, 6) is 0.815. The average Bonchev–Trinajstić information content (AvgIpc) is 2.61. The van der Waals surface area contributed by atoms with E-state index in [-0.39, 0.29) is 0 Å². The first-order valence-corrected chi connectivity index (χ1v) is 7.72. The number of anilines is 1. The fourth-order valence-corrected chi connectivity index (χ4v) is 2.56. The topological polar surface area (TPSA) is 45.2 Å². The second-order valence-corrected chi connectivity index (χ2v) is 5.52. The Hall–Kier alpha value is -2.65. The Bertz CT molecular complexity index is 757. The molecule has 0 spiro atoms. The Balaban J connectivity index is 1.73. The van der Waals surface area contributed by atoms with Gasteiger partial charge in [-0.3, -0.25) is 0 Å². The van der Waals surface area contributed by atoms with Crippen LogP contribution in [-0.2, 0) is 6.54 Å². The van der Waals surface area contributed by atoms with Crippen LogP contribution in [0.5, 0.6) is 0 Å². The van der Waals surface area contributed by atoms with Crippen molar-refractivity contribution >= 4 is 5.82 Å². The molecule has 0 radical (unpaired) electrons. The van der Waals surface area contributed by atoms with Crippen LogP contribution in [0.3, 0.4) is 0 Å². The van der Waals surface area contributed by atoms with Crippen LogP contribution in [0.4, 0.5) is 5.82 Å². The molecule has 0 amide bonds. The summed E-state index contributed by atoms with van der Waals surface area (Å²) in [6.45, 7) is 2.66. The summed E-state index contributed by atoms with van der Waals surface area (Å²) in [7, 11) is 0. The first-order valence-electron chi connectivity index (χ1n) is 7.72. The zero-order valence-corrected chi connectivity index (χ0v) is 13.1. The minimum Gasteiger partial charge on any atom is -0.384 e. The highest BCUT2D eigenvalue weighted by atomic mass is 16.3. The van der Waals surface area contributed by atoms with E-state index in [0.29, 0.717) is 0 Å². The van der Waals surface area contributed by atoms with Crippen molar-refractivity contribution in [3.05, 3.63) is 95.2 Å². The molecule has 3 heteroatoms. The molecule has 1 heterocycles. The van der Waals surface area contributed by atoms with Crippen molar-refractivity contribution in [2.75, 3.05) is 5.32 Å². The molecule has 0 saturated heterocycles. The molecule has 0 fully saturated rings. The number of rotatable bonds is 5. The van der Waals surface area contributed by atoms with Crippen LogP contribution in [0.25, 0.3) is 0 Å². The molecule has 1 aromatic heterocycles. The number of hydrogen-bond acceptors (Lipinski definition) is 3. The van der Waals surface area contributed by atoms with E-state index in [1.165, 1.54) is 5.56 Å². The average molecular weight is 304 g/mol. The maximum atomic E-state index is 10.5. The van der Waals surface area contributed by atoms with Gasteiger partial charge in [-0.1, -0.05) is 66.7 Å². The molecular weight excluding hydrogens is 284 g/mol. The Morgan fingerprint density at radius 1 is 0.913 bits per heavy atom. The van der Waals surface area contributed by atoms with E-state index < -0.39 is 6.10 Å². The van der Waals surface area contributed by atoms with Crippen molar-refractivity contribution in [2.24, 2.45) is 0 Å². The fraction of sp³-hybridized carbons (Fsp3) is 0.150. The molecule has 2 aromatic carbocycles. The number of nitrogens with one attached hydrogen (secondary N) is 1. The summed E-state index contributed by atoms with van der Waals surface area (Å²) in [6, 6.07) is 23.7. The van der Waals surface area contributed by atoms with Gasteiger partial charge in [-0.2, -0.15) is 0 Å². The van der Waals surface area contributed by atoms with Crippen LogP contribution in [0, 0.1) is 6.92 Å². The van der Waals surface area contributed by atoms with Crippen LogP contribution >= 0.6 is 0 Å². The number of aryl methyl sites for hydroxylation is 1. The largest absolute Gasteiger partial charge is 0.384 e. The van der Waals surface area contributed by atoms with E-state index in [4.69, 9.17) is 0 Å². The summed E-state index contributed by atoms with van der Waals surface area (Å²) in [6.07, 6.45) is -0.646. The first-order chi connectivity index (χ1) is 11.2. The molecule has 1 atom stereocenters. The van der Waals surface area contributed by atoms with Crippen LogP contribution in [-0.4, -0.2) is 10.1 Å². The fourth-order valence-electron chi connectivity index (χ4n) is 2.56. The first kappa shape index (κ1) is 15.3. The van der Waals surface area contributed by atoms with Gasteiger partial charge in [0.05, 0.1) is 0 Å². The van der Waals surface area contributed by atoms with Crippen molar-refractivity contribution in [3.8, 4) is 0 Å². The molecule has 0 aliphatic rings. The van der Waals surface area contributed by atoms with Crippen LogP contribution in [0.15, 0.2) is 72.8 Å². The molecule has 3 aromatic rings. The van der Waals surface area contributed by atoms with Crippen molar-refractivity contribution < 1.29 is 5.11 Å². The van der Waals surface area contributed by atoms with Crippen LogP contribution < -0.4 is 5.32 Å². The lowest BCUT2D eigenvalue weighted by atomic mass is 10.0. The highest BCUT2D eigenvalue weighted by Crippen LogP contribution is 2.24. The second kappa shape index (κ2) is 7.07. The van der Waals surface area contributed by atoms with E-state index in [2.05, 4.69) is 22.4 Å². The molecule has 0 aliphatic carbocycles. The van der Waals surface area contributed by atoms with Gasteiger partial charge in [0.2, 0.25) is 0 Å². The normalized spacial score (nSPS) is 11.9. The summed E-state index contributed by atoms with van der Waals surface area (Å²) in [4.78, 5) is 4.56. The lowest BCUT2D eigenvalue weighted by Gasteiger charge is -2.15. The van der Waals surface area contributed by atoms with Gasteiger partial charge in [0, 0.05) is 17.8 Å². The lowest BCUT2D eigenvalue weighted by Crippen LogP contribution is -2.06. The van der Waals surface area contributed by atoms with E-state index in [1.54, 1.807) is 0 Å². The van der Waals surface area contributed by atoms with Gasteiger partial charge in [-0.25, -0.2) is 4.98 Å². The standard InChI is InChI=1S/C20H20N2O/c1-15-18(20(23)17-10-6-3-7-11-17)12-13-19(22-15)21-14-16-8-4-2-5-9-16/h2-13,20,23H,14H2,1H3,(H,21,22). The maximum absolute atomic E-state index is 10.5.